The molecule has 0 fully saturated rings. The fraction of sp³-hybridized carbons (Fsp3) is 0.174. The quantitative estimate of drug-likeness (QED) is 0.196. The van der Waals surface area contributed by atoms with E-state index in [9.17, 15) is 14.4 Å². The molecule has 3 heterocycles. The number of nitrogens with zero attached hydrogens (tertiary/aromatic N) is 2. The van der Waals surface area contributed by atoms with Gasteiger partial charge in [-0.25, -0.2) is 9.78 Å². The van der Waals surface area contributed by atoms with E-state index in [1.54, 1.807) is 17.4 Å². The van der Waals surface area contributed by atoms with Crippen molar-refractivity contribution in [3.63, 3.8) is 0 Å². The van der Waals surface area contributed by atoms with Crippen molar-refractivity contribution in [2.75, 3.05) is 5.32 Å². The lowest BCUT2D eigenvalue weighted by atomic mass is 10.0. The number of fused-ring (bicyclic) bond motifs is 1. The summed E-state index contributed by atoms with van der Waals surface area (Å²) in [5.41, 5.74) is 2.96. The second-order valence-corrected chi connectivity index (χ2v) is 7.96. The number of anilines is 1. The lowest BCUT2D eigenvalue weighted by Gasteiger charge is -2.08. The molecular formula is C23H20FN3O3S. The van der Waals surface area contributed by atoms with E-state index >= 15 is 0 Å². The number of halogens is 1. The van der Waals surface area contributed by atoms with Crippen LogP contribution in [0.2, 0.25) is 0 Å². The van der Waals surface area contributed by atoms with Crippen LogP contribution in [-0.2, 0) is 6.54 Å². The van der Waals surface area contributed by atoms with Crippen LogP contribution < -0.4 is 15.7 Å². The number of allylic oxidation sites excluding steroid dienone is 2. The summed E-state index contributed by atoms with van der Waals surface area (Å²) in [6.07, 6.45) is 6.01. The molecule has 8 heteroatoms. The van der Waals surface area contributed by atoms with E-state index in [-0.39, 0.29) is 4.73 Å². The number of thiazole rings is 1. The summed E-state index contributed by atoms with van der Waals surface area (Å²) in [5.74, 6) is -0.907. The van der Waals surface area contributed by atoms with Crippen molar-refractivity contribution < 1.29 is 13.5 Å². The van der Waals surface area contributed by atoms with Crippen LogP contribution in [0, 0.1) is 11.2 Å². The zero-order valence-corrected chi connectivity index (χ0v) is 17.8. The highest BCUT2D eigenvalue weighted by Crippen LogP contribution is 2.29. The zero-order chi connectivity index (χ0) is 22.0. The molecule has 3 aromatic heterocycles. The average molecular weight is 437 g/mol. The zero-order valence-electron chi connectivity index (χ0n) is 17.0. The molecule has 0 spiro atoms. The topological polar surface area (TPSA) is 82.1 Å². The van der Waals surface area contributed by atoms with Crippen molar-refractivity contribution >= 4 is 33.0 Å². The van der Waals surface area contributed by atoms with Gasteiger partial charge in [0.05, 0.1) is 4.88 Å². The van der Waals surface area contributed by atoms with Gasteiger partial charge in [-0.15, -0.1) is 9.12 Å². The third-order valence-corrected chi connectivity index (χ3v) is 6.01. The Labute approximate surface area is 181 Å². The summed E-state index contributed by atoms with van der Waals surface area (Å²) in [5, 5.41) is 16.4. The van der Waals surface area contributed by atoms with Crippen molar-refractivity contribution in [2.24, 2.45) is 0 Å². The average Bonchev–Trinajstić information content (AvgIpc) is 3.23. The molecular weight excluding hydrogens is 417 g/mol. The van der Waals surface area contributed by atoms with Gasteiger partial charge in [0.2, 0.25) is 0 Å². The van der Waals surface area contributed by atoms with Crippen LogP contribution in [0.1, 0.15) is 30.7 Å². The van der Waals surface area contributed by atoms with Crippen molar-refractivity contribution in [3.05, 3.63) is 86.9 Å². The number of pyridine rings is 1. The normalized spacial score (nSPS) is 11.8. The van der Waals surface area contributed by atoms with Gasteiger partial charge in [-0.3, -0.25) is 0 Å². The fourth-order valence-corrected chi connectivity index (χ4v) is 4.34. The van der Waals surface area contributed by atoms with Crippen molar-refractivity contribution in [1.82, 2.24) is 4.98 Å². The molecule has 0 aliphatic heterocycles. The molecule has 0 aliphatic rings. The number of rotatable bonds is 6. The van der Waals surface area contributed by atoms with Crippen molar-refractivity contribution in [3.8, 4) is 11.1 Å². The highest BCUT2D eigenvalue weighted by molar-refractivity contribution is 7.16. The lowest BCUT2D eigenvalue weighted by molar-refractivity contribution is -0.636. The first-order valence-corrected chi connectivity index (χ1v) is 10.6. The second kappa shape index (κ2) is 8.69. The molecule has 0 amide bonds. The Kier molecular flexibility index (Phi) is 5.81. The third-order valence-electron chi connectivity index (χ3n) is 4.98. The maximum absolute atomic E-state index is 13.3. The van der Waals surface area contributed by atoms with Crippen LogP contribution in [0.15, 0.2) is 64.1 Å². The van der Waals surface area contributed by atoms with Gasteiger partial charge >= 0.3 is 11.6 Å². The highest BCUT2D eigenvalue weighted by atomic mass is 32.1. The number of benzene rings is 1. The van der Waals surface area contributed by atoms with Gasteiger partial charge in [0.15, 0.2) is 11.3 Å². The first-order valence-electron chi connectivity index (χ1n) is 9.79. The number of hydrogen-bond donors (Lipinski definition) is 1. The van der Waals surface area contributed by atoms with E-state index in [4.69, 9.17) is 4.42 Å². The van der Waals surface area contributed by atoms with Gasteiger partial charge < -0.3 is 14.9 Å². The molecule has 0 radical (unpaired) electrons. The van der Waals surface area contributed by atoms with E-state index in [0.29, 0.717) is 28.6 Å². The van der Waals surface area contributed by atoms with Crippen LogP contribution in [0.5, 0.6) is 0 Å². The third kappa shape index (κ3) is 4.34. The Morgan fingerprint density at radius 2 is 2.16 bits per heavy atom. The Morgan fingerprint density at radius 3 is 2.90 bits per heavy atom. The summed E-state index contributed by atoms with van der Waals surface area (Å²) < 4.78 is 18.8. The molecule has 0 saturated carbocycles. The minimum atomic E-state index is -0.907. The largest absolute Gasteiger partial charge is 0.617 e. The van der Waals surface area contributed by atoms with Gasteiger partial charge in [-0.1, -0.05) is 36.5 Å². The Morgan fingerprint density at radius 1 is 1.32 bits per heavy atom. The van der Waals surface area contributed by atoms with E-state index in [1.807, 2.05) is 25.3 Å². The summed E-state index contributed by atoms with van der Waals surface area (Å²) in [7, 11) is 0. The maximum Gasteiger partial charge on any atom is 0.370 e. The van der Waals surface area contributed by atoms with E-state index < -0.39 is 11.6 Å². The molecule has 0 unspecified atom stereocenters. The Bertz CT molecular complexity index is 1340. The van der Waals surface area contributed by atoms with Crippen LogP contribution >= 0.6 is 11.3 Å². The summed E-state index contributed by atoms with van der Waals surface area (Å²) in [6, 6.07) is 9.35. The number of aromatic nitrogens is 2. The molecule has 31 heavy (non-hydrogen) atoms. The molecule has 1 N–H and O–H groups in total. The summed E-state index contributed by atoms with van der Waals surface area (Å²) in [4.78, 5) is 17.6. The first kappa shape index (κ1) is 20.7. The van der Waals surface area contributed by atoms with Crippen LogP contribution in [0.3, 0.4) is 0 Å². The minimum Gasteiger partial charge on any atom is -0.617 e. The highest BCUT2D eigenvalue weighted by Gasteiger charge is 2.13. The van der Waals surface area contributed by atoms with Gasteiger partial charge in [-0.2, -0.15) is 0 Å². The maximum atomic E-state index is 13.3. The standard InChI is InChI=1S/C23H20FN3O3S/c1-3-15(4-2)20-12-26-23(31-20)25-11-14-5-7-17-18(10-22(28)30-19(17)9-14)16-6-8-21(24)27(29)13-16/h3,5-10,12-13H,4,11H2,1-2H3,(H,25,26)/b15-3-. The minimum absolute atomic E-state index is 0.133. The molecule has 6 nitrogen and oxygen atoms in total. The summed E-state index contributed by atoms with van der Waals surface area (Å²) in [6.45, 7) is 4.64. The molecule has 0 atom stereocenters. The number of hydrogen-bond acceptors (Lipinski definition) is 6. The number of nitrogens with one attached hydrogen (secondary N) is 1. The van der Waals surface area contributed by atoms with Crippen LogP contribution in [0.25, 0.3) is 27.7 Å². The molecule has 0 saturated heterocycles. The molecule has 158 valence electrons. The van der Waals surface area contributed by atoms with Gasteiger partial charge in [0.1, 0.15) is 5.58 Å². The molecule has 0 bridgehead atoms. The monoisotopic (exact) mass is 437 g/mol. The molecule has 4 aromatic rings. The van der Waals surface area contributed by atoms with Gasteiger partial charge in [-0.05, 0) is 36.6 Å². The predicted molar refractivity (Wildman–Crippen MR) is 120 cm³/mol. The van der Waals surface area contributed by atoms with Gasteiger partial charge in [0, 0.05) is 41.4 Å². The van der Waals surface area contributed by atoms with E-state index in [1.165, 1.54) is 17.7 Å². The van der Waals surface area contributed by atoms with Crippen LogP contribution in [-0.4, -0.2) is 4.98 Å². The summed E-state index contributed by atoms with van der Waals surface area (Å²) >= 11 is 1.59. The fourth-order valence-electron chi connectivity index (χ4n) is 3.38. The molecule has 1 aromatic carbocycles. The Hall–Kier alpha value is -3.52. The van der Waals surface area contributed by atoms with Crippen LogP contribution in [0.4, 0.5) is 9.52 Å². The van der Waals surface area contributed by atoms with Crippen molar-refractivity contribution in [2.45, 2.75) is 26.8 Å². The van der Waals surface area contributed by atoms with Gasteiger partial charge in [0.25, 0.3) is 0 Å². The lowest BCUT2D eigenvalue weighted by Crippen LogP contribution is -2.30. The van der Waals surface area contributed by atoms with E-state index in [2.05, 4.69) is 23.3 Å². The smallest absolute Gasteiger partial charge is 0.370 e. The predicted octanol–water partition coefficient (Wildman–Crippen LogP) is 5.11. The molecule has 0 aliphatic carbocycles. The SMILES string of the molecule is C/C=C(/CC)c1cnc(NCc2ccc3c(-c4ccc(F)[n+]([O-])c4)cc(=O)oc3c2)s1. The van der Waals surface area contributed by atoms with Crippen molar-refractivity contribution in [1.29, 1.82) is 0 Å². The second-order valence-electron chi connectivity index (χ2n) is 6.93. The van der Waals surface area contributed by atoms with E-state index in [0.717, 1.165) is 34.3 Å². The molecule has 4 rings (SSSR count). The Balaban J connectivity index is 1.61. The first-order chi connectivity index (χ1) is 15.0.